The van der Waals surface area contributed by atoms with Crippen LogP contribution in [0.5, 0.6) is 0 Å². The summed E-state index contributed by atoms with van der Waals surface area (Å²) < 4.78 is 0. The third kappa shape index (κ3) is 7.29. The van der Waals surface area contributed by atoms with Gasteiger partial charge in [0.15, 0.2) is 0 Å². The summed E-state index contributed by atoms with van der Waals surface area (Å²) >= 11 is 0. The number of rotatable bonds is 4. The molecule has 0 aliphatic heterocycles. The Morgan fingerprint density at radius 1 is 1.33 bits per heavy atom. The maximum Gasteiger partial charge on any atom is 0.0204 e. The van der Waals surface area contributed by atoms with Gasteiger partial charge in [0.1, 0.15) is 0 Å². The number of hydrogen-bond acceptors (Lipinski definition) is 1. The van der Waals surface area contributed by atoms with Gasteiger partial charge in [-0.3, -0.25) is 0 Å². The van der Waals surface area contributed by atoms with E-state index in [-0.39, 0.29) is 0 Å². The second-order valence-corrected chi connectivity index (χ2v) is 2.51. The smallest absolute Gasteiger partial charge is 0.0204 e. The van der Waals surface area contributed by atoms with Gasteiger partial charge in [0, 0.05) is 6.54 Å². The van der Waals surface area contributed by atoms with Crippen LogP contribution in [0.2, 0.25) is 0 Å². The van der Waals surface area contributed by atoms with Crippen molar-refractivity contribution >= 4 is 0 Å². The van der Waals surface area contributed by atoms with E-state index < -0.39 is 0 Å². The normalized spacial score (nSPS) is 7.92. The van der Waals surface area contributed by atoms with Crippen molar-refractivity contribution in [3.05, 3.63) is 37.0 Å². The van der Waals surface area contributed by atoms with E-state index in [4.69, 9.17) is 0 Å². The topological polar surface area (TPSA) is 12.0 Å². The molecule has 0 saturated heterocycles. The van der Waals surface area contributed by atoms with Gasteiger partial charge in [-0.2, -0.15) is 0 Å². The molecule has 0 unspecified atom stereocenters. The first-order valence-electron chi connectivity index (χ1n) is 4.21. The van der Waals surface area contributed by atoms with Gasteiger partial charge in [0.05, 0.1) is 0 Å². The lowest BCUT2D eigenvalue weighted by Gasteiger charge is -2.03. The number of allylic oxidation sites excluding steroid dienone is 1. The third-order valence-corrected chi connectivity index (χ3v) is 1.45. The fourth-order valence-electron chi connectivity index (χ4n) is 0.713. The Balaban J connectivity index is 0. The standard InChI is InChI=1S/C9H17N.C2H4/c1-5-9(8(3)4)7-10-6-2;1-2/h5,10H,1,6-7H2,2-4H3;1-2H2. The Bertz CT molecular complexity index is 141. The average molecular weight is 167 g/mol. The van der Waals surface area contributed by atoms with Crippen LogP contribution in [-0.2, 0) is 0 Å². The van der Waals surface area contributed by atoms with Gasteiger partial charge >= 0.3 is 0 Å². The molecule has 0 fully saturated rings. The van der Waals surface area contributed by atoms with Crippen LogP contribution < -0.4 is 5.32 Å². The zero-order valence-electron chi connectivity index (χ0n) is 8.61. The Kier molecular flexibility index (Phi) is 11.7. The summed E-state index contributed by atoms with van der Waals surface area (Å²) in [5.41, 5.74) is 2.65. The zero-order valence-corrected chi connectivity index (χ0v) is 8.61. The summed E-state index contributed by atoms with van der Waals surface area (Å²) in [6, 6.07) is 0. The molecule has 1 nitrogen and oxygen atoms in total. The van der Waals surface area contributed by atoms with Crippen LogP contribution in [0.15, 0.2) is 37.0 Å². The van der Waals surface area contributed by atoms with E-state index in [1.165, 1.54) is 11.1 Å². The van der Waals surface area contributed by atoms with E-state index in [1.807, 2.05) is 6.08 Å². The lowest BCUT2D eigenvalue weighted by atomic mass is 10.1. The minimum absolute atomic E-state index is 0.947. The Morgan fingerprint density at radius 3 is 2.08 bits per heavy atom. The van der Waals surface area contributed by atoms with Crippen molar-refractivity contribution in [2.45, 2.75) is 20.8 Å². The van der Waals surface area contributed by atoms with Crippen LogP contribution in [-0.4, -0.2) is 13.1 Å². The zero-order chi connectivity index (χ0) is 9.98. The van der Waals surface area contributed by atoms with E-state index in [2.05, 4.69) is 45.8 Å². The van der Waals surface area contributed by atoms with Gasteiger partial charge in [-0.25, -0.2) is 0 Å². The second-order valence-electron chi connectivity index (χ2n) is 2.51. The molecule has 0 aromatic heterocycles. The van der Waals surface area contributed by atoms with Crippen molar-refractivity contribution in [2.24, 2.45) is 0 Å². The van der Waals surface area contributed by atoms with Crippen molar-refractivity contribution in [1.29, 1.82) is 0 Å². The predicted molar refractivity (Wildman–Crippen MR) is 58.4 cm³/mol. The molecule has 0 heterocycles. The van der Waals surface area contributed by atoms with Crippen molar-refractivity contribution in [2.75, 3.05) is 13.1 Å². The predicted octanol–water partition coefficient (Wildman–Crippen LogP) is 2.92. The van der Waals surface area contributed by atoms with Gasteiger partial charge in [-0.1, -0.05) is 25.2 Å². The van der Waals surface area contributed by atoms with Crippen LogP contribution >= 0.6 is 0 Å². The number of nitrogens with one attached hydrogen (secondary N) is 1. The SMILES string of the molecule is C=C.C=CC(CNCC)=C(C)C. The van der Waals surface area contributed by atoms with Gasteiger partial charge < -0.3 is 5.32 Å². The first kappa shape index (κ1) is 13.7. The second kappa shape index (κ2) is 10.2. The summed E-state index contributed by atoms with van der Waals surface area (Å²) in [7, 11) is 0. The Hall–Kier alpha value is -0.820. The highest BCUT2D eigenvalue weighted by molar-refractivity contribution is 5.22. The highest BCUT2D eigenvalue weighted by Crippen LogP contribution is 2.01. The van der Waals surface area contributed by atoms with E-state index in [1.54, 1.807) is 0 Å². The molecule has 1 heteroatoms. The average Bonchev–Trinajstić information content (AvgIpc) is 2.09. The molecular formula is C11H21N. The van der Waals surface area contributed by atoms with Crippen LogP contribution in [0.4, 0.5) is 0 Å². The Labute approximate surface area is 76.9 Å². The first-order chi connectivity index (χ1) is 5.72. The van der Waals surface area contributed by atoms with Crippen molar-refractivity contribution in [1.82, 2.24) is 5.32 Å². The third-order valence-electron chi connectivity index (χ3n) is 1.45. The highest BCUT2D eigenvalue weighted by Gasteiger charge is 1.91. The molecule has 0 bridgehead atoms. The lowest BCUT2D eigenvalue weighted by Crippen LogP contribution is -2.15. The van der Waals surface area contributed by atoms with Gasteiger partial charge in [-0.05, 0) is 26.0 Å². The number of likely N-dealkylation sites (N-methyl/N-ethyl adjacent to an activating group) is 1. The van der Waals surface area contributed by atoms with Crippen molar-refractivity contribution in [3.8, 4) is 0 Å². The summed E-state index contributed by atoms with van der Waals surface area (Å²) in [6.07, 6.45) is 1.91. The molecule has 1 N–H and O–H groups in total. The molecule has 12 heavy (non-hydrogen) atoms. The minimum atomic E-state index is 0.947. The fraction of sp³-hybridized carbons (Fsp3) is 0.455. The highest BCUT2D eigenvalue weighted by atomic mass is 14.8. The fourth-order valence-corrected chi connectivity index (χ4v) is 0.713. The maximum atomic E-state index is 3.74. The van der Waals surface area contributed by atoms with Crippen LogP contribution in [0.25, 0.3) is 0 Å². The lowest BCUT2D eigenvalue weighted by molar-refractivity contribution is 0.780. The molecule has 0 aromatic carbocycles. The molecular weight excluding hydrogens is 146 g/mol. The molecule has 0 radical (unpaired) electrons. The minimum Gasteiger partial charge on any atom is -0.313 e. The monoisotopic (exact) mass is 167 g/mol. The molecule has 0 atom stereocenters. The van der Waals surface area contributed by atoms with E-state index >= 15 is 0 Å². The summed E-state index contributed by atoms with van der Waals surface area (Å²) in [4.78, 5) is 0. The first-order valence-corrected chi connectivity index (χ1v) is 4.21. The molecule has 0 saturated carbocycles. The van der Waals surface area contributed by atoms with Gasteiger partial charge in [0.2, 0.25) is 0 Å². The van der Waals surface area contributed by atoms with E-state index in [9.17, 15) is 0 Å². The van der Waals surface area contributed by atoms with Crippen molar-refractivity contribution < 1.29 is 0 Å². The molecule has 70 valence electrons. The van der Waals surface area contributed by atoms with Crippen LogP contribution in [0.3, 0.4) is 0 Å². The number of hydrogen-bond donors (Lipinski definition) is 1. The maximum absolute atomic E-state index is 3.74. The van der Waals surface area contributed by atoms with Gasteiger partial charge in [-0.15, -0.1) is 13.2 Å². The van der Waals surface area contributed by atoms with Crippen LogP contribution in [0, 0.1) is 0 Å². The van der Waals surface area contributed by atoms with E-state index in [0.717, 1.165) is 13.1 Å². The van der Waals surface area contributed by atoms with Crippen molar-refractivity contribution in [3.63, 3.8) is 0 Å². The summed E-state index contributed by atoms with van der Waals surface area (Å²) in [5, 5.41) is 3.25. The van der Waals surface area contributed by atoms with Gasteiger partial charge in [0.25, 0.3) is 0 Å². The largest absolute Gasteiger partial charge is 0.313 e. The molecule has 0 aliphatic rings. The summed E-state index contributed by atoms with van der Waals surface area (Å²) in [6.45, 7) is 18.0. The Morgan fingerprint density at radius 2 is 1.83 bits per heavy atom. The summed E-state index contributed by atoms with van der Waals surface area (Å²) in [5.74, 6) is 0. The molecule has 0 rings (SSSR count). The van der Waals surface area contributed by atoms with E-state index in [0.29, 0.717) is 0 Å². The quantitative estimate of drug-likeness (QED) is 0.501. The molecule has 0 aliphatic carbocycles. The molecule has 0 amide bonds. The van der Waals surface area contributed by atoms with Crippen LogP contribution in [0.1, 0.15) is 20.8 Å². The molecule has 0 aromatic rings. The molecule has 0 spiro atoms.